The van der Waals surface area contributed by atoms with Gasteiger partial charge in [-0.25, -0.2) is 36.3 Å². The molecule has 0 bridgehead atoms. The number of nitrogens with two attached hydrogens (primary N) is 1. The monoisotopic (exact) mass is 2100 g/mol. The fourth-order valence-electron chi connectivity index (χ4n) is 15.7. The summed E-state index contributed by atoms with van der Waals surface area (Å²) < 4.78 is 137. The molecule has 0 saturated carbocycles. The van der Waals surface area contributed by atoms with Crippen LogP contribution in [0.25, 0.3) is 28.5 Å². The number of carboxylic acid groups (broad SMARTS) is 1. The normalized spacial score (nSPS) is 14.9. The average Bonchev–Trinajstić information content (AvgIpc) is 1.58. The quantitative estimate of drug-likeness (QED) is 0.00789. The van der Waals surface area contributed by atoms with E-state index in [0.717, 1.165) is 64.7 Å². The van der Waals surface area contributed by atoms with E-state index < -0.39 is 59.1 Å². The molecule has 6 N–H and O–H groups in total. The molecule has 0 radical (unpaired) electrons. The first-order chi connectivity index (χ1) is 71.0. The second-order valence-corrected chi connectivity index (χ2v) is 35.3. The van der Waals surface area contributed by atoms with Gasteiger partial charge in [0, 0.05) is 98.8 Å². The highest BCUT2D eigenvalue weighted by molar-refractivity contribution is 9.09. The van der Waals surface area contributed by atoms with Gasteiger partial charge in [-0.2, -0.15) is 0 Å². The molecule has 35 heteroatoms. The van der Waals surface area contributed by atoms with Gasteiger partial charge < -0.3 is 103 Å². The van der Waals surface area contributed by atoms with E-state index in [1.54, 1.807) is 90.9 Å². The number of ether oxygens (including phenoxy) is 13. The van der Waals surface area contributed by atoms with Gasteiger partial charge in [-0.05, 0) is 175 Å². The van der Waals surface area contributed by atoms with Crippen molar-refractivity contribution in [2.75, 3.05) is 123 Å². The van der Waals surface area contributed by atoms with E-state index in [1.165, 1.54) is 101 Å². The van der Waals surface area contributed by atoms with E-state index >= 15 is 0 Å². The summed E-state index contributed by atoms with van der Waals surface area (Å²) in [5.74, 6) is -5.69. The number of carbonyl (C=O) groups is 8. The molecule has 5 fully saturated rings. The number of carboxylic acids is 1. The maximum Gasteiger partial charge on any atom is 0.333 e. The van der Waals surface area contributed by atoms with E-state index in [2.05, 4.69) is 50.3 Å². The molecular weight excluding hydrogens is 1970 g/mol. The van der Waals surface area contributed by atoms with Crippen LogP contribution in [0.15, 0.2) is 249 Å². The maximum absolute atomic E-state index is 14.0. The van der Waals surface area contributed by atoms with Crippen LogP contribution in [-0.2, 0) is 102 Å². The molecule has 5 aliphatic heterocycles. The molecule has 15 rings (SSSR count). The van der Waals surface area contributed by atoms with Crippen LogP contribution >= 0.6 is 15.9 Å². The van der Waals surface area contributed by atoms with Crippen molar-refractivity contribution in [1.29, 1.82) is 0 Å². The molecule has 147 heavy (non-hydrogen) atoms. The Morgan fingerprint density at radius 2 is 0.789 bits per heavy atom. The second kappa shape index (κ2) is 63.8. The van der Waals surface area contributed by atoms with Crippen LogP contribution in [0.1, 0.15) is 167 Å². The zero-order valence-corrected chi connectivity index (χ0v) is 85.7. The fourth-order valence-corrected chi connectivity index (χ4v) is 16.2. The summed E-state index contributed by atoms with van der Waals surface area (Å²) in [6, 6.07) is 64.4. The molecule has 29 nitrogen and oxygen atoms in total. The van der Waals surface area contributed by atoms with E-state index in [4.69, 9.17) is 67.3 Å². The van der Waals surface area contributed by atoms with Crippen LogP contribution in [0, 0.1) is 40.9 Å². The predicted octanol–water partition coefficient (Wildman–Crippen LogP) is 19.6. The number of anilines is 2. The number of nitrogens with zero attached hydrogens (tertiary/aromatic N) is 3. The van der Waals surface area contributed by atoms with Gasteiger partial charge >= 0.3 is 23.9 Å². The highest BCUT2D eigenvalue weighted by atomic mass is 79.9. The number of hydrogen-bond acceptors (Lipinski definition) is 23. The van der Waals surface area contributed by atoms with Gasteiger partial charge in [0.2, 0.25) is 17.7 Å². The molecule has 5 aliphatic rings. The Labute approximate surface area is 863 Å². The Morgan fingerprint density at radius 1 is 0.429 bits per heavy atom. The van der Waals surface area contributed by atoms with Crippen LogP contribution in [0.5, 0.6) is 0 Å². The Bertz CT molecular complexity index is 5630. The Morgan fingerprint density at radius 3 is 1.20 bits per heavy atom. The highest BCUT2D eigenvalue weighted by Crippen LogP contribution is 2.44. The van der Waals surface area contributed by atoms with Crippen molar-refractivity contribution in [2.24, 2.45) is 17.6 Å². The van der Waals surface area contributed by atoms with E-state index in [0.29, 0.717) is 139 Å². The highest BCUT2D eigenvalue weighted by Gasteiger charge is 2.38. The molecule has 0 spiro atoms. The smallest absolute Gasteiger partial charge is 0.333 e. The number of hydrogen-bond donors (Lipinski definition) is 5. The third-order valence-electron chi connectivity index (χ3n) is 22.6. The summed E-state index contributed by atoms with van der Waals surface area (Å²) in [7, 11) is 0. The Balaban J connectivity index is 0.000000198. The van der Waals surface area contributed by atoms with Crippen molar-refractivity contribution in [3.8, 4) is 22.4 Å². The third kappa shape index (κ3) is 39.2. The van der Waals surface area contributed by atoms with Crippen LogP contribution in [0.4, 0.5) is 33.3 Å². The lowest BCUT2D eigenvalue weighted by atomic mass is 9.94. The summed E-state index contributed by atoms with van der Waals surface area (Å²) in [6.45, 7) is 25.2. The predicted molar refractivity (Wildman–Crippen MR) is 549 cm³/mol. The first-order valence-corrected chi connectivity index (χ1v) is 50.0. The lowest BCUT2D eigenvalue weighted by Crippen LogP contribution is -2.43. The topological polar surface area (TPSA) is 350 Å². The van der Waals surface area contributed by atoms with Crippen molar-refractivity contribution in [3.63, 3.8) is 0 Å². The zero-order valence-electron chi connectivity index (χ0n) is 84.1. The average molecular weight is 2100 g/mol. The summed E-state index contributed by atoms with van der Waals surface area (Å²) in [4.78, 5) is 101. The van der Waals surface area contributed by atoms with Crippen molar-refractivity contribution < 1.29 is 127 Å². The van der Waals surface area contributed by atoms with Crippen LogP contribution in [0.2, 0.25) is 0 Å². The van der Waals surface area contributed by atoms with Gasteiger partial charge in [-0.1, -0.05) is 203 Å². The van der Waals surface area contributed by atoms with Crippen LogP contribution in [-0.4, -0.2) is 210 Å². The largest absolute Gasteiger partial charge is 0.479 e. The number of esters is 3. The Kier molecular flexibility index (Phi) is 51.2. The Hall–Kier alpha value is -12.6. The minimum absolute atomic E-state index is 0.0139. The second-order valence-electron chi connectivity index (χ2n) is 34.4. The molecular formula is C112H133BrF5N7O22. The van der Waals surface area contributed by atoms with Gasteiger partial charge in [0.15, 0.2) is 43.5 Å². The number of benzene rings is 9. The van der Waals surface area contributed by atoms with E-state index in [1.807, 2.05) is 121 Å². The first kappa shape index (κ1) is 118. The molecule has 9 aromatic carbocycles. The molecule has 790 valence electrons. The molecule has 4 amide bonds. The third-order valence-corrected chi connectivity index (χ3v) is 23.5. The van der Waals surface area contributed by atoms with Gasteiger partial charge in [0.05, 0.1) is 97.1 Å². The lowest BCUT2D eigenvalue weighted by Gasteiger charge is -2.32. The van der Waals surface area contributed by atoms with Gasteiger partial charge in [0.1, 0.15) is 40.0 Å². The van der Waals surface area contributed by atoms with Gasteiger partial charge in [-0.3, -0.25) is 24.0 Å². The number of alkyl halides is 1. The zero-order chi connectivity index (χ0) is 106. The van der Waals surface area contributed by atoms with Crippen LogP contribution in [0.3, 0.4) is 0 Å². The molecule has 10 aromatic rings. The number of aromatic nitrogens is 1. The molecule has 5 saturated heterocycles. The minimum atomic E-state index is -1.18. The minimum Gasteiger partial charge on any atom is -0.479 e. The van der Waals surface area contributed by atoms with Crippen LogP contribution < -0.4 is 21.7 Å². The summed E-state index contributed by atoms with van der Waals surface area (Å²) in [5, 5.41) is 18.6. The number of amides is 4. The lowest BCUT2D eigenvalue weighted by molar-refractivity contribution is -0.157. The van der Waals surface area contributed by atoms with E-state index in [-0.39, 0.29) is 109 Å². The number of nitrogens with one attached hydrogen (secondary N) is 3. The number of para-hydroxylation sites is 2. The maximum atomic E-state index is 14.0. The SMILES string of the molecule is CC(C)C(=O)N(CCC1OCCO1)C(C(=O)O)c1ccc(F)cc1.CC(C)c1c(C(=O)Nc2ccccc2)c(-c2ccccc2)c(-c2ccc(F)cc2)n1CCC1OCCO1.CCOC(=O)C(Br)c1ccc(F)cc1.CCOC(=O)C(NCCC1OCCO1)c1ccc(F)cc1.CCOC(=O)C(c1ccc(F)cc1)N(CCC1OCCO1)C(=O)C(C)C.NCCC1OCCO1.O=C(/C=C\c1ccccc1)Nc1ccccc1. The summed E-state index contributed by atoms with van der Waals surface area (Å²) in [6.07, 6.45) is 4.87. The van der Waals surface area contributed by atoms with E-state index in [9.17, 15) is 65.4 Å². The van der Waals surface area contributed by atoms with Crippen molar-refractivity contribution in [3.05, 3.63) is 317 Å². The molecule has 4 unspecified atom stereocenters. The molecule has 0 aliphatic carbocycles. The van der Waals surface area contributed by atoms with Crippen molar-refractivity contribution in [2.45, 2.75) is 161 Å². The standard InChI is InChI=1S/C31H31FN2O3.C19H26FNO5.C17H22FNO5.C15H20FNO4.C15H13NO.C10H10BrFO2.C5H11NO2/c1-21(2)29-28(31(35)33-25-11-7-4-8-12-25)27(22-9-5-3-6-10-22)30(23-13-15-24(32)16-14-23)34(29)18-17-26-36-19-20-37-26;1-4-24-19(23)17(14-5-7-15(20)8-6-14)21(18(22)13(2)3)10-9-16-25-11-12-26-16;1-11(2)16(20)19(8-7-14-23-9-10-24-14)15(17(21)22)12-3-5-13(18)6-4-12;1-2-19-15(18)14(11-3-5-12(16)6-4-11)17-8-7-13-20-9-10-21-13;17-15(16-14-9-5-2-6-10-14)12-11-13-7-3-1-4-8-13;1-2-14-10(13)9(11)7-3-5-8(12)6-4-7;6-2-1-5-7-3-4-8-5/h3-16,21,26H,17-20H2,1-2H3,(H,33,35);5-8,13,16-17H,4,9-12H2,1-3H3;3-6,11,14-15H,7-10H2,1-2H3,(H,21,22);3-6,13-14,17H,2,7-10H2,1H3;1-12H,(H,16,17);3-6,9H,2H2,1H3;5H,1-4,6H2/b;;;;12-11-;;. The van der Waals surface area contributed by atoms with Gasteiger partial charge in [0.25, 0.3) is 5.91 Å². The van der Waals surface area contributed by atoms with Crippen molar-refractivity contribution >= 4 is 80.9 Å². The number of halogens is 6. The summed E-state index contributed by atoms with van der Waals surface area (Å²) >= 11 is 3.18. The number of aliphatic carboxylic acids is 1. The number of rotatable bonds is 38. The summed E-state index contributed by atoms with van der Waals surface area (Å²) in [5.41, 5.74) is 15.0. The number of carbonyl (C=O) groups excluding carboxylic acids is 7. The molecule has 1 aromatic heterocycles. The molecule has 6 heterocycles. The van der Waals surface area contributed by atoms with Crippen molar-refractivity contribution in [1.82, 2.24) is 19.7 Å². The fraction of sp³-hybridized carbons (Fsp3) is 0.393. The molecule has 4 atom stereocenters. The first-order valence-electron chi connectivity index (χ1n) is 49.1. The van der Waals surface area contributed by atoms with Gasteiger partial charge in [-0.15, -0.1) is 0 Å².